The van der Waals surface area contributed by atoms with Gasteiger partial charge in [0, 0.05) is 12.5 Å². The predicted molar refractivity (Wildman–Crippen MR) is 117 cm³/mol. The Kier molecular flexibility index (Phi) is 12.5. The van der Waals surface area contributed by atoms with Crippen LogP contribution < -0.4 is 20.6 Å². The van der Waals surface area contributed by atoms with Crippen molar-refractivity contribution >= 4 is 20.3 Å². The number of nitrogens with one attached hydrogen (secondary N) is 3. The number of amides is 2. The Morgan fingerprint density at radius 2 is 1.90 bits per heavy atom. The van der Waals surface area contributed by atoms with E-state index in [0.29, 0.717) is 18.6 Å². The summed E-state index contributed by atoms with van der Waals surface area (Å²) in [7, 11) is -3.79. The highest BCUT2D eigenvalue weighted by atomic mass is 31.2. The predicted octanol–water partition coefficient (Wildman–Crippen LogP) is 2.76. The number of benzene rings is 1. The molecule has 3 atom stereocenters. The van der Waals surface area contributed by atoms with E-state index in [-0.39, 0.29) is 5.92 Å². The fraction of sp³-hybridized carbons (Fsp3) is 0.600. The van der Waals surface area contributed by atoms with Crippen molar-refractivity contribution in [2.75, 3.05) is 13.2 Å². The van der Waals surface area contributed by atoms with Gasteiger partial charge in [0.2, 0.25) is 5.78 Å². The molecule has 0 spiro atoms. The van der Waals surface area contributed by atoms with Crippen molar-refractivity contribution in [1.29, 1.82) is 0 Å². The van der Waals surface area contributed by atoms with Crippen LogP contribution >= 0.6 is 7.94 Å². The van der Waals surface area contributed by atoms with Crippen LogP contribution in [0, 0.1) is 5.92 Å². The number of aliphatic hydroxyl groups is 1. The smallest absolute Gasteiger partial charge is 0.394 e. The van der Waals surface area contributed by atoms with Crippen molar-refractivity contribution in [3.8, 4) is 5.75 Å². The summed E-state index contributed by atoms with van der Waals surface area (Å²) in [6.07, 6.45) is 4.56. The number of carbonyl (C=O) groups is 2. The molecule has 1 aromatic rings. The first kappa shape index (κ1) is 26.3. The van der Waals surface area contributed by atoms with Crippen LogP contribution in [0.3, 0.4) is 0 Å². The van der Waals surface area contributed by atoms with Crippen LogP contribution in [-0.4, -0.2) is 47.3 Å². The zero-order valence-electron chi connectivity index (χ0n) is 17.9. The summed E-state index contributed by atoms with van der Waals surface area (Å²) in [6.45, 7) is 5.72. The lowest BCUT2D eigenvalue weighted by Crippen LogP contribution is -2.48. The molecule has 10 heteroatoms. The number of aliphatic hydroxyl groups excluding tert-OH is 1. The topological polar surface area (TPSA) is 129 Å². The van der Waals surface area contributed by atoms with Gasteiger partial charge in [-0.3, -0.25) is 9.84 Å². The molecule has 1 rings (SSSR count). The minimum Gasteiger partial charge on any atom is -0.394 e. The summed E-state index contributed by atoms with van der Waals surface area (Å²) in [5.74, 6) is -0.815. The minimum atomic E-state index is -3.79. The number of aldehydes is 1. The summed E-state index contributed by atoms with van der Waals surface area (Å²) in [4.78, 5) is 34.7. The molecule has 0 saturated heterocycles. The molecular formula is C20H35N3O6P+. The summed E-state index contributed by atoms with van der Waals surface area (Å²) >= 11 is 0. The van der Waals surface area contributed by atoms with E-state index in [1.54, 1.807) is 44.2 Å². The maximum absolute atomic E-state index is 12.4. The van der Waals surface area contributed by atoms with Gasteiger partial charge >= 0.3 is 14.0 Å². The first-order valence-corrected chi connectivity index (χ1v) is 11.9. The molecule has 0 saturated carbocycles. The highest BCUT2D eigenvalue weighted by Gasteiger charge is 2.56. The van der Waals surface area contributed by atoms with E-state index >= 15 is 0 Å². The van der Waals surface area contributed by atoms with Gasteiger partial charge in [-0.15, -0.1) is 5.48 Å². The molecule has 1 aromatic carbocycles. The highest BCUT2D eigenvalue weighted by Crippen LogP contribution is 2.61. The van der Waals surface area contributed by atoms with Crippen LogP contribution in [-0.2, 0) is 9.42 Å². The summed E-state index contributed by atoms with van der Waals surface area (Å²) in [6, 6.07) is 7.05. The fourth-order valence-corrected chi connectivity index (χ4v) is 4.59. The maximum atomic E-state index is 12.4. The molecule has 0 aliphatic rings. The van der Waals surface area contributed by atoms with Crippen LogP contribution in [0.25, 0.3) is 0 Å². The standard InChI is InChI=1S/C20H34N3O6P/c1-4-5-6-10-13-21-20(26)22-19(16(2)3)30(27,29-23-17(14-24)15-25)28-18-11-8-7-9-12-18/h7-9,11-12,14,16-17,19,23,25,27H,4-6,10,13,15H2,1-3H3,(H-,21,22,26)/p+1/t17-,19?,30?/m1/s1. The zero-order chi connectivity index (χ0) is 22.4. The fourth-order valence-electron chi connectivity index (χ4n) is 2.58. The van der Waals surface area contributed by atoms with Gasteiger partial charge in [-0.25, -0.2) is 4.79 Å². The highest BCUT2D eigenvalue weighted by molar-refractivity contribution is 7.61. The van der Waals surface area contributed by atoms with Gasteiger partial charge in [0.25, 0.3) is 0 Å². The third kappa shape index (κ3) is 9.36. The van der Waals surface area contributed by atoms with Crippen molar-refractivity contribution in [3.05, 3.63) is 30.3 Å². The Bertz CT molecular complexity index is 622. The lowest BCUT2D eigenvalue weighted by Gasteiger charge is -2.28. The zero-order valence-corrected chi connectivity index (χ0v) is 18.8. The first-order valence-electron chi connectivity index (χ1n) is 10.3. The molecule has 170 valence electrons. The van der Waals surface area contributed by atoms with Crippen molar-refractivity contribution in [2.45, 2.75) is 58.3 Å². The number of urea groups is 1. The second-order valence-electron chi connectivity index (χ2n) is 7.25. The average molecular weight is 444 g/mol. The molecule has 0 heterocycles. The van der Waals surface area contributed by atoms with E-state index in [0.717, 1.165) is 25.7 Å². The normalized spacial score (nSPS) is 15.1. The van der Waals surface area contributed by atoms with E-state index in [1.165, 1.54) is 0 Å². The molecule has 0 radical (unpaired) electrons. The average Bonchev–Trinajstić information content (AvgIpc) is 2.73. The number of hydrogen-bond acceptors (Lipinski definition) is 7. The van der Waals surface area contributed by atoms with E-state index < -0.39 is 32.4 Å². The third-order valence-electron chi connectivity index (χ3n) is 4.25. The van der Waals surface area contributed by atoms with E-state index in [1.807, 2.05) is 0 Å². The van der Waals surface area contributed by atoms with Gasteiger partial charge in [0.1, 0.15) is 12.3 Å². The van der Waals surface area contributed by atoms with E-state index in [2.05, 4.69) is 23.0 Å². The Morgan fingerprint density at radius 3 is 2.47 bits per heavy atom. The lowest BCUT2D eigenvalue weighted by molar-refractivity contribution is -0.112. The monoisotopic (exact) mass is 444 g/mol. The van der Waals surface area contributed by atoms with Crippen LogP contribution in [0.1, 0.15) is 46.5 Å². The van der Waals surface area contributed by atoms with Crippen LogP contribution in [0.4, 0.5) is 4.79 Å². The second kappa shape index (κ2) is 14.3. The van der Waals surface area contributed by atoms with Gasteiger partial charge in [-0.1, -0.05) is 62.9 Å². The summed E-state index contributed by atoms with van der Waals surface area (Å²) < 4.78 is 11.2. The third-order valence-corrected chi connectivity index (χ3v) is 6.52. The molecule has 2 amide bonds. The SMILES string of the molecule is CCCCCCNC(=O)NC(C(C)C)[P+](O)(ON[C@H](C=O)CO)Oc1ccccc1. The summed E-state index contributed by atoms with van der Waals surface area (Å²) in [5.41, 5.74) is 2.34. The maximum Gasteiger partial charge on any atom is 0.496 e. The number of unbranched alkanes of at least 4 members (excludes halogenated alkanes) is 3. The first-order chi connectivity index (χ1) is 14.4. The number of para-hydroxylation sites is 1. The second-order valence-corrected chi connectivity index (χ2v) is 9.30. The number of carbonyl (C=O) groups excluding carboxylic acids is 2. The van der Waals surface area contributed by atoms with E-state index in [4.69, 9.17) is 9.15 Å². The molecule has 9 nitrogen and oxygen atoms in total. The van der Waals surface area contributed by atoms with Crippen molar-refractivity contribution in [1.82, 2.24) is 16.1 Å². The molecular weight excluding hydrogens is 409 g/mol. The van der Waals surface area contributed by atoms with Gasteiger partial charge in [0.05, 0.1) is 6.61 Å². The number of rotatable bonds is 15. The molecule has 30 heavy (non-hydrogen) atoms. The minimum absolute atomic E-state index is 0.261. The summed E-state index contributed by atoms with van der Waals surface area (Å²) in [5, 5.41) is 14.7. The lowest BCUT2D eigenvalue weighted by atomic mass is 10.2. The van der Waals surface area contributed by atoms with Gasteiger partial charge < -0.3 is 15.2 Å². The molecule has 2 unspecified atom stereocenters. The van der Waals surface area contributed by atoms with Gasteiger partial charge in [0.15, 0.2) is 5.75 Å². The van der Waals surface area contributed by atoms with Crippen molar-refractivity contribution in [3.63, 3.8) is 0 Å². The Balaban J connectivity index is 2.91. The van der Waals surface area contributed by atoms with Gasteiger partial charge in [-0.05, 0) is 18.6 Å². The van der Waals surface area contributed by atoms with E-state index in [9.17, 15) is 19.6 Å². The quantitative estimate of drug-likeness (QED) is 0.122. The molecule has 0 aliphatic heterocycles. The Hall–Kier alpha value is -1.77. The van der Waals surface area contributed by atoms with Crippen LogP contribution in [0.2, 0.25) is 0 Å². The molecule has 5 N–H and O–H groups in total. The molecule has 0 fully saturated rings. The number of hydroxylamine groups is 1. The Morgan fingerprint density at radius 1 is 1.20 bits per heavy atom. The van der Waals surface area contributed by atoms with Crippen molar-refractivity contribution < 1.29 is 28.7 Å². The van der Waals surface area contributed by atoms with Crippen LogP contribution in [0.15, 0.2) is 30.3 Å². The number of hydrogen-bond donors (Lipinski definition) is 5. The molecule has 0 aliphatic carbocycles. The van der Waals surface area contributed by atoms with Crippen molar-refractivity contribution in [2.24, 2.45) is 5.92 Å². The molecule has 0 aromatic heterocycles. The largest absolute Gasteiger partial charge is 0.496 e. The molecule has 0 bridgehead atoms. The Labute approximate surface area is 179 Å². The van der Waals surface area contributed by atoms with Crippen LogP contribution in [0.5, 0.6) is 5.75 Å². The van der Waals surface area contributed by atoms with Gasteiger partial charge in [-0.2, -0.15) is 4.89 Å².